The Kier molecular flexibility index (Phi) is 7.17. The molecule has 9 heteroatoms. The summed E-state index contributed by atoms with van der Waals surface area (Å²) in [7, 11) is 0. The van der Waals surface area contributed by atoms with Crippen molar-refractivity contribution in [3.05, 3.63) is 64.5 Å². The molecule has 0 radical (unpaired) electrons. The lowest BCUT2D eigenvalue weighted by atomic mass is 10.1. The van der Waals surface area contributed by atoms with E-state index in [2.05, 4.69) is 20.8 Å². The Balaban J connectivity index is 1.50. The molecule has 0 spiro atoms. The van der Waals surface area contributed by atoms with Crippen LogP contribution in [0, 0.1) is 26.6 Å². The van der Waals surface area contributed by atoms with Crippen LogP contribution >= 0.6 is 23.1 Å². The van der Waals surface area contributed by atoms with Crippen molar-refractivity contribution in [2.75, 3.05) is 16.4 Å². The first-order valence-corrected chi connectivity index (χ1v) is 11.0. The van der Waals surface area contributed by atoms with E-state index >= 15 is 0 Å². The van der Waals surface area contributed by atoms with E-state index in [9.17, 15) is 14.0 Å². The van der Waals surface area contributed by atoms with E-state index in [1.54, 1.807) is 12.1 Å². The molecular weight excluding hydrogens is 423 g/mol. The van der Waals surface area contributed by atoms with Crippen LogP contribution in [-0.2, 0) is 16.0 Å². The molecular formula is C21H21FN4O2S2. The molecule has 3 aromatic rings. The van der Waals surface area contributed by atoms with Gasteiger partial charge in [0.25, 0.3) is 0 Å². The number of nitrogens with zero attached hydrogens (tertiary/aromatic N) is 2. The lowest BCUT2D eigenvalue weighted by molar-refractivity contribution is -0.115. The molecule has 0 aliphatic carbocycles. The average molecular weight is 445 g/mol. The predicted octanol–water partition coefficient (Wildman–Crippen LogP) is 4.51. The largest absolute Gasteiger partial charge is 0.325 e. The topological polar surface area (TPSA) is 84.0 Å². The maximum atomic E-state index is 12.9. The summed E-state index contributed by atoms with van der Waals surface area (Å²) in [6, 6.07) is 9.81. The van der Waals surface area contributed by atoms with Gasteiger partial charge in [-0.1, -0.05) is 52.9 Å². The van der Waals surface area contributed by atoms with Gasteiger partial charge in [-0.2, -0.15) is 0 Å². The Morgan fingerprint density at radius 3 is 2.33 bits per heavy atom. The number of halogens is 1. The summed E-state index contributed by atoms with van der Waals surface area (Å²) in [5, 5.41) is 13.9. The minimum absolute atomic E-state index is 0.111. The number of hydrogen-bond acceptors (Lipinski definition) is 6. The number of aryl methyl sites for hydroxylation is 3. The van der Waals surface area contributed by atoms with E-state index in [0.717, 1.165) is 22.4 Å². The summed E-state index contributed by atoms with van der Waals surface area (Å²) in [5.74, 6) is -0.559. The fourth-order valence-corrected chi connectivity index (χ4v) is 4.52. The SMILES string of the molecule is Cc1cc(C)c(NC(=O)CSc2nnc(NC(=O)Cc3ccc(F)cc3)s2)c(C)c1. The van der Waals surface area contributed by atoms with Crippen LogP contribution in [-0.4, -0.2) is 27.8 Å². The molecule has 0 aliphatic rings. The summed E-state index contributed by atoms with van der Waals surface area (Å²) < 4.78 is 13.5. The Labute approximate surface area is 182 Å². The van der Waals surface area contributed by atoms with Crippen molar-refractivity contribution < 1.29 is 14.0 Å². The summed E-state index contributed by atoms with van der Waals surface area (Å²) >= 11 is 2.46. The number of benzene rings is 2. The number of amides is 2. The fourth-order valence-electron chi connectivity index (χ4n) is 2.95. The number of carbonyl (C=O) groups is 2. The molecule has 30 heavy (non-hydrogen) atoms. The number of anilines is 2. The molecule has 0 saturated heterocycles. The zero-order valence-corrected chi connectivity index (χ0v) is 18.4. The van der Waals surface area contributed by atoms with Gasteiger partial charge in [0.1, 0.15) is 5.82 Å². The van der Waals surface area contributed by atoms with Gasteiger partial charge in [0.15, 0.2) is 4.34 Å². The first-order valence-electron chi connectivity index (χ1n) is 9.18. The maximum Gasteiger partial charge on any atom is 0.234 e. The normalized spacial score (nSPS) is 10.7. The predicted molar refractivity (Wildman–Crippen MR) is 119 cm³/mol. The molecule has 2 N–H and O–H groups in total. The first kappa shape index (κ1) is 21.9. The molecule has 0 bridgehead atoms. The minimum atomic E-state index is -0.346. The smallest absolute Gasteiger partial charge is 0.234 e. The number of hydrogen-bond donors (Lipinski definition) is 2. The zero-order valence-electron chi connectivity index (χ0n) is 16.8. The summed E-state index contributed by atoms with van der Waals surface area (Å²) in [6.45, 7) is 5.95. The van der Waals surface area contributed by atoms with Crippen molar-refractivity contribution in [2.24, 2.45) is 0 Å². The highest BCUT2D eigenvalue weighted by molar-refractivity contribution is 8.01. The van der Waals surface area contributed by atoms with Gasteiger partial charge in [-0.05, 0) is 49.6 Å². The van der Waals surface area contributed by atoms with Crippen LogP contribution in [0.1, 0.15) is 22.3 Å². The molecule has 0 saturated carbocycles. The second-order valence-electron chi connectivity index (χ2n) is 6.84. The second kappa shape index (κ2) is 9.82. The molecule has 0 atom stereocenters. The third-order valence-corrected chi connectivity index (χ3v) is 6.17. The quantitative estimate of drug-likeness (QED) is 0.414. The summed E-state index contributed by atoms with van der Waals surface area (Å²) in [5.41, 5.74) is 4.73. The van der Waals surface area contributed by atoms with Crippen LogP contribution in [0.3, 0.4) is 0 Å². The molecule has 1 aromatic heterocycles. The van der Waals surface area contributed by atoms with Gasteiger partial charge in [-0.15, -0.1) is 10.2 Å². The Bertz CT molecular complexity index is 1040. The van der Waals surface area contributed by atoms with E-state index in [1.807, 2.05) is 32.9 Å². The standard InChI is InChI=1S/C21H21FN4O2S2/c1-12-8-13(2)19(14(3)9-12)23-18(28)11-29-21-26-25-20(30-21)24-17(27)10-15-4-6-16(22)7-5-15/h4-9H,10-11H2,1-3H3,(H,23,28)(H,24,25,27). The van der Waals surface area contributed by atoms with Gasteiger partial charge in [-0.25, -0.2) is 4.39 Å². The summed E-state index contributed by atoms with van der Waals surface area (Å²) in [4.78, 5) is 24.4. The van der Waals surface area contributed by atoms with Crippen LogP contribution in [0.25, 0.3) is 0 Å². The average Bonchev–Trinajstić information content (AvgIpc) is 3.12. The minimum Gasteiger partial charge on any atom is -0.325 e. The molecule has 6 nitrogen and oxygen atoms in total. The van der Waals surface area contributed by atoms with E-state index in [1.165, 1.54) is 35.2 Å². The molecule has 3 rings (SSSR count). The van der Waals surface area contributed by atoms with Gasteiger partial charge < -0.3 is 10.6 Å². The van der Waals surface area contributed by atoms with E-state index in [-0.39, 0.29) is 29.8 Å². The number of rotatable bonds is 7. The first-order chi connectivity index (χ1) is 14.3. The monoisotopic (exact) mass is 444 g/mol. The van der Waals surface area contributed by atoms with Gasteiger partial charge in [0, 0.05) is 5.69 Å². The third-order valence-electron chi connectivity index (χ3n) is 4.20. The molecule has 2 amide bonds. The van der Waals surface area contributed by atoms with Gasteiger partial charge >= 0.3 is 0 Å². The summed E-state index contributed by atoms with van der Waals surface area (Å²) in [6.07, 6.45) is 0.111. The maximum absolute atomic E-state index is 12.9. The molecule has 0 unspecified atom stereocenters. The molecule has 0 fully saturated rings. The Morgan fingerprint density at radius 1 is 1.00 bits per heavy atom. The Morgan fingerprint density at radius 2 is 1.67 bits per heavy atom. The number of carbonyl (C=O) groups excluding carboxylic acids is 2. The van der Waals surface area contributed by atoms with Gasteiger partial charge in [-0.3, -0.25) is 9.59 Å². The van der Waals surface area contributed by atoms with Crippen LogP contribution < -0.4 is 10.6 Å². The molecule has 156 valence electrons. The highest BCUT2D eigenvalue weighted by Gasteiger charge is 2.13. The van der Waals surface area contributed by atoms with Crippen molar-refractivity contribution in [3.63, 3.8) is 0 Å². The second-order valence-corrected chi connectivity index (χ2v) is 9.04. The van der Waals surface area contributed by atoms with Gasteiger partial charge in [0.05, 0.1) is 12.2 Å². The van der Waals surface area contributed by atoms with Crippen molar-refractivity contribution in [1.29, 1.82) is 0 Å². The highest BCUT2D eigenvalue weighted by Crippen LogP contribution is 2.27. The van der Waals surface area contributed by atoms with Crippen molar-refractivity contribution >= 4 is 45.7 Å². The molecule has 1 heterocycles. The van der Waals surface area contributed by atoms with Crippen LogP contribution in [0.5, 0.6) is 0 Å². The van der Waals surface area contributed by atoms with E-state index in [0.29, 0.717) is 15.0 Å². The van der Waals surface area contributed by atoms with Crippen molar-refractivity contribution in [1.82, 2.24) is 10.2 Å². The molecule has 0 aliphatic heterocycles. The number of thioether (sulfide) groups is 1. The zero-order chi connectivity index (χ0) is 21.7. The van der Waals surface area contributed by atoms with Crippen molar-refractivity contribution in [3.8, 4) is 0 Å². The fraction of sp³-hybridized carbons (Fsp3) is 0.238. The van der Waals surface area contributed by atoms with Gasteiger partial charge in [0.2, 0.25) is 16.9 Å². The lowest BCUT2D eigenvalue weighted by Gasteiger charge is -2.12. The number of nitrogens with one attached hydrogen (secondary N) is 2. The Hall–Kier alpha value is -2.78. The third kappa shape index (κ3) is 6.11. The number of aromatic nitrogens is 2. The van der Waals surface area contributed by atoms with Crippen LogP contribution in [0.4, 0.5) is 15.2 Å². The van der Waals surface area contributed by atoms with E-state index in [4.69, 9.17) is 0 Å². The van der Waals surface area contributed by atoms with E-state index < -0.39 is 0 Å². The van der Waals surface area contributed by atoms with Crippen molar-refractivity contribution in [2.45, 2.75) is 31.5 Å². The highest BCUT2D eigenvalue weighted by atomic mass is 32.2. The molecule has 2 aromatic carbocycles. The lowest BCUT2D eigenvalue weighted by Crippen LogP contribution is -2.15. The van der Waals surface area contributed by atoms with Crippen LogP contribution in [0.2, 0.25) is 0 Å². The van der Waals surface area contributed by atoms with Crippen LogP contribution in [0.15, 0.2) is 40.7 Å².